The maximum absolute atomic E-state index is 12.8. The Hall–Kier alpha value is -2.51. The van der Waals surface area contributed by atoms with Crippen molar-refractivity contribution in [1.29, 1.82) is 0 Å². The Morgan fingerprint density at radius 2 is 1.89 bits per heavy atom. The SMILES string of the molecule is CC(C)(C)c1cc(N=C(N)C2CCCN2c2ccc(C(F)(F)F)cc2)on1. The zero-order valence-corrected chi connectivity index (χ0v) is 15.5. The van der Waals surface area contributed by atoms with Crippen LogP contribution in [0, 0.1) is 0 Å². The summed E-state index contributed by atoms with van der Waals surface area (Å²) in [6.45, 7) is 6.76. The van der Waals surface area contributed by atoms with Crippen molar-refractivity contribution in [2.24, 2.45) is 10.7 Å². The predicted octanol–water partition coefficient (Wildman–Crippen LogP) is 4.65. The molecular formula is C19H23F3N4O. The number of rotatable bonds is 3. The van der Waals surface area contributed by atoms with Crippen molar-refractivity contribution in [3.05, 3.63) is 41.6 Å². The van der Waals surface area contributed by atoms with Gasteiger partial charge in [0.25, 0.3) is 5.88 Å². The number of benzene rings is 1. The molecule has 0 spiro atoms. The van der Waals surface area contributed by atoms with Crippen molar-refractivity contribution in [3.8, 4) is 0 Å². The van der Waals surface area contributed by atoms with Crippen LogP contribution in [0.2, 0.25) is 0 Å². The molecule has 0 amide bonds. The molecule has 1 unspecified atom stereocenters. The van der Waals surface area contributed by atoms with Crippen LogP contribution in [0.3, 0.4) is 0 Å². The van der Waals surface area contributed by atoms with E-state index < -0.39 is 11.7 Å². The van der Waals surface area contributed by atoms with Crippen molar-refractivity contribution in [2.75, 3.05) is 11.4 Å². The first-order valence-corrected chi connectivity index (χ1v) is 8.81. The third-order valence-electron chi connectivity index (χ3n) is 4.63. The Morgan fingerprint density at radius 3 is 2.44 bits per heavy atom. The van der Waals surface area contributed by atoms with Gasteiger partial charge in [0, 0.05) is 23.7 Å². The summed E-state index contributed by atoms with van der Waals surface area (Å²) >= 11 is 0. The number of aliphatic imine (C=N–C) groups is 1. The van der Waals surface area contributed by atoms with E-state index in [4.69, 9.17) is 10.3 Å². The molecule has 8 heteroatoms. The Bertz CT molecular complexity index is 819. The molecule has 5 nitrogen and oxygen atoms in total. The van der Waals surface area contributed by atoms with E-state index >= 15 is 0 Å². The lowest BCUT2D eigenvalue weighted by Crippen LogP contribution is -2.40. The molecule has 1 aliphatic rings. The van der Waals surface area contributed by atoms with Crippen LogP contribution >= 0.6 is 0 Å². The molecule has 146 valence electrons. The van der Waals surface area contributed by atoms with Gasteiger partial charge in [0.2, 0.25) is 0 Å². The lowest BCUT2D eigenvalue weighted by atomic mass is 9.92. The van der Waals surface area contributed by atoms with Gasteiger partial charge in [-0.1, -0.05) is 25.9 Å². The summed E-state index contributed by atoms with van der Waals surface area (Å²) in [5.41, 5.74) is 6.84. The average molecular weight is 380 g/mol. The van der Waals surface area contributed by atoms with E-state index in [9.17, 15) is 13.2 Å². The number of nitrogens with two attached hydrogens (primary N) is 1. The molecule has 1 aliphatic heterocycles. The zero-order valence-electron chi connectivity index (χ0n) is 15.5. The highest BCUT2D eigenvalue weighted by Crippen LogP contribution is 2.33. The fraction of sp³-hybridized carbons (Fsp3) is 0.474. The molecule has 2 N–H and O–H groups in total. The third kappa shape index (κ3) is 4.26. The number of aromatic nitrogens is 1. The molecule has 0 aliphatic carbocycles. The van der Waals surface area contributed by atoms with Crippen LogP contribution in [0.1, 0.15) is 44.9 Å². The second-order valence-corrected chi connectivity index (χ2v) is 7.73. The minimum atomic E-state index is -4.35. The van der Waals surface area contributed by atoms with Gasteiger partial charge in [-0.15, -0.1) is 0 Å². The standard InChI is InChI=1S/C19H23F3N4O/c1-18(2,3)15-11-16(27-25-15)24-17(23)14-5-4-10-26(14)13-8-6-12(7-9-13)19(20,21)22/h6-9,11,14H,4-5,10H2,1-3H3,(H2,23,24). The Morgan fingerprint density at radius 1 is 1.22 bits per heavy atom. The zero-order chi connectivity index (χ0) is 19.8. The summed E-state index contributed by atoms with van der Waals surface area (Å²) in [5.74, 6) is 0.695. The maximum Gasteiger partial charge on any atom is 0.416 e. The van der Waals surface area contributed by atoms with E-state index in [0.717, 1.165) is 30.7 Å². The van der Waals surface area contributed by atoms with Gasteiger partial charge in [0.1, 0.15) is 5.84 Å². The van der Waals surface area contributed by atoms with E-state index in [2.05, 4.69) is 10.1 Å². The minimum Gasteiger partial charge on any atom is -0.385 e. The maximum atomic E-state index is 12.8. The van der Waals surface area contributed by atoms with Crippen LogP contribution in [-0.4, -0.2) is 23.6 Å². The van der Waals surface area contributed by atoms with Gasteiger partial charge in [0.05, 0.1) is 17.3 Å². The third-order valence-corrected chi connectivity index (χ3v) is 4.63. The van der Waals surface area contributed by atoms with E-state index in [-0.39, 0.29) is 11.5 Å². The molecule has 1 saturated heterocycles. The van der Waals surface area contributed by atoms with Crippen LogP contribution in [0.25, 0.3) is 0 Å². The topological polar surface area (TPSA) is 67.7 Å². The first-order valence-electron chi connectivity index (χ1n) is 8.81. The normalized spacial score (nSPS) is 19.0. The average Bonchev–Trinajstić information content (AvgIpc) is 3.22. The predicted molar refractivity (Wildman–Crippen MR) is 98.3 cm³/mol. The molecule has 1 fully saturated rings. The summed E-state index contributed by atoms with van der Waals surface area (Å²) in [4.78, 5) is 6.32. The van der Waals surface area contributed by atoms with Crippen molar-refractivity contribution in [2.45, 2.75) is 51.2 Å². The van der Waals surface area contributed by atoms with E-state index in [1.165, 1.54) is 12.1 Å². The van der Waals surface area contributed by atoms with Crippen LogP contribution < -0.4 is 10.6 Å². The fourth-order valence-electron chi connectivity index (χ4n) is 3.10. The van der Waals surface area contributed by atoms with E-state index in [1.54, 1.807) is 6.07 Å². The number of hydrogen-bond donors (Lipinski definition) is 1. The highest BCUT2D eigenvalue weighted by molar-refractivity contribution is 5.91. The summed E-state index contributed by atoms with van der Waals surface area (Å²) in [6, 6.07) is 6.68. The second-order valence-electron chi connectivity index (χ2n) is 7.73. The number of alkyl halides is 3. The second kappa shape index (κ2) is 6.90. The summed E-state index contributed by atoms with van der Waals surface area (Å²) in [5, 5.41) is 4.02. The van der Waals surface area contributed by atoms with Gasteiger partial charge >= 0.3 is 6.18 Å². The summed E-state index contributed by atoms with van der Waals surface area (Å²) in [6.07, 6.45) is -2.69. The van der Waals surface area contributed by atoms with Gasteiger partial charge < -0.3 is 15.2 Å². The van der Waals surface area contributed by atoms with Crippen molar-refractivity contribution in [1.82, 2.24) is 5.16 Å². The molecule has 1 atom stereocenters. The number of amidine groups is 1. The van der Waals surface area contributed by atoms with Crippen LogP contribution in [0.4, 0.5) is 24.7 Å². The largest absolute Gasteiger partial charge is 0.416 e. The van der Waals surface area contributed by atoms with Crippen molar-refractivity contribution in [3.63, 3.8) is 0 Å². The molecule has 1 aromatic carbocycles. The first kappa shape index (κ1) is 19.3. The van der Waals surface area contributed by atoms with E-state index in [0.29, 0.717) is 24.0 Å². The monoisotopic (exact) mass is 380 g/mol. The number of hydrogen-bond acceptors (Lipinski definition) is 4. The molecule has 2 heterocycles. The highest BCUT2D eigenvalue weighted by Gasteiger charge is 2.32. The van der Waals surface area contributed by atoms with Gasteiger partial charge in [-0.05, 0) is 37.1 Å². The molecule has 0 radical (unpaired) electrons. The van der Waals surface area contributed by atoms with Crippen molar-refractivity contribution >= 4 is 17.4 Å². The molecule has 3 rings (SSSR count). The van der Waals surface area contributed by atoms with Gasteiger partial charge in [0.15, 0.2) is 0 Å². The van der Waals surface area contributed by atoms with Crippen LogP contribution in [0.5, 0.6) is 0 Å². The molecule has 2 aromatic rings. The summed E-state index contributed by atoms with van der Waals surface area (Å²) in [7, 11) is 0. The van der Waals surface area contributed by atoms with E-state index in [1.807, 2.05) is 25.7 Å². The molecule has 1 aromatic heterocycles. The smallest absolute Gasteiger partial charge is 0.385 e. The lowest BCUT2D eigenvalue weighted by molar-refractivity contribution is -0.137. The number of halogens is 3. The van der Waals surface area contributed by atoms with Gasteiger partial charge in [-0.3, -0.25) is 0 Å². The van der Waals surface area contributed by atoms with Crippen LogP contribution in [-0.2, 0) is 11.6 Å². The van der Waals surface area contributed by atoms with Crippen molar-refractivity contribution < 1.29 is 17.7 Å². The molecular weight excluding hydrogens is 357 g/mol. The first-order chi connectivity index (χ1) is 12.6. The molecule has 27 heavy (non-hydrogen) atoms. The minimum absolute atomic E-state index is 0.161. The Kier molecular flexibility index (Phi) is 4.92. The lowest BCUT2D eigenvalue weighted by Gasteiger charge is -2.26. The Balaban J connectivity index is 1.80. The fourth-order valence-corrected chi connectivity index (χ4v) is 3.10. The number of anilines is 1. The molecule has 0 bridgehead atoms. The highest BCUT2D eigenvalue weighted by atomic mass is 19.4. The summed E-state index contributed by atoms with van der Waals surface area (Å²) < 4.78 is 43.5. The van der Waals surface area contributed by atoms with Gasteiger partial charge in [-0.25, -0.2) is 0 Å². The Labute approximate surface area is 156 Å². The molecule has 0 saturated carbocycles. The van der Waals surface area contributed by atoms with Gasteiger partial charge in [-0.2, -0.15) is 18.2 Å². The van der Waals surface area contributed by atoms with Crippen LogP contribution in [0.15, 0.2) is 39.8 Å². The number of nitrogens with zero attached hydrogens (tertiary/aromatic N) is 3. The quantitative estimate of drug-likeness (QED) is 0.622.